The van der Waals surface area contributed by atoms with E-state index in [2.05, 4.69) is 32.9 Å². The Bertz CT molecular complexity index is 572. The predicted octanol–water partition coefficient (Wildman–Crippen LogP) is 5.28. The number of allylic oxidation sites excluding steroid dienone is 8. The molecule has 0 aromatic heterocycles. The van der Waals surface area contributed by atoms with Gasteiger partial charge in [0.1, 0.15) is 5.76 Å². The lowest BCUT2D eigenvalue weighted by Crippen LogP contribution is -2.18. The van der Waals surface area contributed by atoms with Crippen LogP contribution in [0.2, 0.25) is 0 Å². The summed E-state index contributed by atoms with van der Waals surface area (Å²) < 4.78 is 9.98. The molecule has 0 radical (unpaired) electrons. The van der Waals surface area contributed by atoms with E-state index >= 15 is 0 Å². The molecule has 24 heavy (non-hydrogen) atoms. The van der Waals surface area contributed by atoms with Crippen LogP contribution in [0.25, 0.3) is 0 Å². The molecule has 0 atom stereocenters. The Morgan fingerprint density at radius 2 is 1.92 bits per heavy atom. The van der Waals surface area contributed by atoms with Gasteiger partial charge >= 0.3 is 5.97 Å². The van der Waals surface area contributed by atoms with Gasteiger partial charge < -0.3 is 9.47 Å². The molecule has 0 heterocycles. The highest BCUT2D eigenvalue weighted by molar-refractivity contribution is 5.82. The van der Waals surface area contributed by atoms with Gasteiger partial charge in [-0.1, -0.05) is 49.8 Å². The third-order valence-corrected chi connectivity index (χ3v) is 4.18. The molecule has 0 spiro atoms. The molecular formula is C21H30O3. The minimum Gasteiger partial charge on any atom is -0.496 e. The normalized spacial score (nSPS) is 18.8. The van der Waals surface area contributed by atoms with Crippen LogP contribution in [0.1, 0.15) is 47.0 Å². The molecule has 0 saturated heterocycles. The maximum atomic E-state index is 11.4. The lowest BCUT2D eigenvalue weighted by atomic mass is 9.73. The summed E-state index contributed by atoms with van der Waals surface area (Å²) in [4.78, 5) is 11.4. The van der Waals surface area contributed by atoms with E-state index in [0.717, 1.165) is 0 Å². The number of hydrogen-bond donors (Lipinski definition) is 0. The van der Waals surface area contributed by atoms with E-state index in [0.29, 0.717) is 12.4 Å². The van der Waals surface area contributed by atoms with Crippen molar-refractivity contribution < 1.29 is 14.3 Å². The molecule has 0 aromatic rings. The summed E-state index contributed by atoms with van der Waals surface area (Å²) in [6.07, 6.45) is 16.8. The Kier molecular flexibility index (Phi) is 8.31. The molecule has 0 bridgehead atoms. The van der Waals surface area contributed by atoms with Crippen molar-refractivity contribution in [1.82, 2.24) is 0 Å². The molecule has 1 aliphatic rings. The van der Waals surface area contributed by atoms with E-state index in [1.165, 1.54) is 43.6 Å². The number of carbonyl (C=O) groups excluding carboxylic acids is 1. The van der Waals surface area contributed by atoms with Crippen molar-refractivity contribution in [3.8, 4) is 0 Å². The van der Waals surface area contributed by atoms with Crippen molar-refractivity contribution in [3.05, 3.63) is 59.4 Å². The van der Waals surface area contributed by atoms with Gasteiger partial charge in [-0.25, -0.2) is 4.79 Å². The fourth-order valence-corrected chi connectivity index (χ4v) is 2.92. The van der Waals surface area contributed by atoms with Gasteiger partial charge in [0, 0.05) is 0 Å². The lowest BCUT2D eigenvalue weighted by molar-refractivity contribution is -0.137. The number of rotatable bonds is 7. The largest absolute Gasteiger partial charge is 0.496 e. The van der Waals surface area contributed by atoms with Gasteiger partial charge in [0.2, 0.25) is 0 Å². The predicted molar refractivity (Wildman–Crippen MR) is 99.5 cm³/mol. The van der Waals surface area contributed by atoms with Gasteiger partial charge in [0.15, 0.2) is 0 Å². The van der Waals surface area contributed by atoms with Crippen molar-refractivity contribution in [2.45, 2.75) is 47.0 Å². The summed E-state index contributed by atoms with van der Waals surface area (Å²) in [6, 6.07) is 0. The summed E-state index contributed by atoms with van der Waals surface area (Å²) in [5.41, 5.74) is 3.20. The van der Waals surface area contributed by atoms with Crippen LogP contribution >= 0.6 is 0 Å². The highest BCUT2D eigenvalue weighted by Gasteiger charge is 2.26. The molecule has 1 aliphatic carbocycles. The Hall–Kier alpha value is -2.03. The van der Waals surface area contributed by atoms with E-state index < -0.39 is 5.97 Å². The van der Waals surface area contributed by atoms with Gasteiger partial charge in [-0.15, -0.1) is 0 Å². The van der Waals surface area contributed by atoms with Gasteiger partial charge in [-0.3, -0.25) is 0 Å². The first-order valence-corrected chi connectivity index (χ1v) is 8.54. The van der Waals surface area contributed by atoms with Crippen LogP contribution in [0, 0.1) is 5.41 Å². The first-order valence-electron chi connectivity index (χ1n) is 8.54. The topological polar surface area (TPSA) is 35.5 Å². The quantitative estimate of drug-likeness (QED) is 0.276. The maximum absolute atomic E-state index is 11.4. The van der Waals surface area contributed by atoms with Crippen LogP contribution in [0.15, 0.2) is 59.4 Å². The van der Waals surface area contributed by atoms with Crippen LogP contribution < -0.4 is 0 Å². The monoisotopic (exact) mass is 330 g/mol. The zero-order valence-electron chi connectivity index (χ0n) is 15.6. The third-order valence-electron chi connectivity index (χ3n) is 4.18. The highest BCUT2D eigenvalue weighted by atomic mass is 16.5. The summed E-state index contributed by atoms with van der Waals surface area (Å²) in [6.45, 7) is 8.98. The highest BCUT2D eigenvalue weighted by Crippen LogP contribution is 2.40. The van der Waals surface area contributed by atoms with E-state index in [-0.39, 0.29) is 5.41 Å². The van der Waals surface area contributed by atoms with Crippen molar-refractivity contribution in [1.29, 1.82) is 0 Å². The zero-order chi connectivity index (χ0) is 18.0. The molecule has 132 valence electrons. The van der Waals surface area contributed by atoms with Gasteiger partial charge in [-0.05, 0) is 50.2 Å². The maximum Gasteiger partial charge on any atom is 0.334 e. The molecule has 0 N–H and O–H groups in total. The Morgan fingerprint density at radius 1 is 1.21 bits per heavy atom. The molecule has 0 saturated carbocycles. The van der Waals surface area contributed by atoms with E-state index in [4.69, 9.17) is 9.47 Å². The Balaban J connectivity index is 2.65. The molecule has 3 heteroatoms. The molecular weight excluding hydrogens is 300 g/mol. The number of methoxy groups -OCH3 is 1. The van der Waals surface area contributed by atoms with Crippen LogP contribution in [0.5, 0.6) is 0 Å². The SMILES string of the molecule is CCOC(=O)\C=C(/C=C/C=C/C=C/C1=C(C)CCCC1(C)C)OC. The van der Waals surface area contributed by atoms with Crippen LogP contribution in [-0.4, -0.2) is 19.7 Å². The van der Waals surface area contributed by atoms with E-state index in [9.17, 15) is 4.79 Å². The third kappa shape index (κ3) is 6.61. The van der Waals surface area contributed by atoms with Crippen LogP contribution in [-0.2, 0) is 14.3 Å². The fourth-order valence-electron chi connectivity index (χ4n) is 2.92. The van der Waals surface area contributed by atoms with Gasteiger partial charge in [0.05, 0.1) is 19.8 Å². The second-order valence-corrected chi connectivity index (χ2v) is 6.54. The molecule has 0 aromatic carbocycles. The van der Waals surface area contributed by atoms with Crippen LogP contribution in [0.3, 0.4) is 0 Å². The standard InChI is InChI=1S/C21H30O3/c1-6-24-20(22)16-18(23-5)13-9-7-8-10-14-19-17(2)12-11-15-21(19,3)4/h7-10,13-14,16H,6,11-12,15H2,1-5H3/b8-7+,13-9+,14-10+,18-16+. The second kappa shape index (κ2) is 9.96. The molecule has 0 amide bonds. The first-order chi connectivity index (χ1) is 11.4. The smallest absolute Gasteiger partial charge is 0.334 e. The van der Waals surface area contributed by atoms with Gasteiger partial charge in [0.25, 0.3) is 0 Å². The number of hydrogen-bond acceptors (Lipinski definition) is 3. The number of carbonyl (C=O) groups is 1. The van der Waals surface area contributed by atoms with E-state index in [1.807, 2.05) is 18.2 Å². The van der Waals surface area contributed by atoms with Crippen molar-refractivity contribution >= 4 is 5.97 Å². The average molecular weight is 330 g/mol. The Labute approximate surface area is 146 Å². The summed E-state index contributed by atoms with van der Waals surface area (Å²) in [5, 5.41) is 0. The molecule has 0 unspecified atom stereocenters. The van der Waals surface area contributed by atoms with Crippen molar-refractivity contribution in [3.63, 3.8) is 0 Å². The fraction of sp³-hybridized carbons (Fsp3) is 0.476. The van der Waals surface area contributed by atoms with Crippen molar-refractivity contribution in [2.75, 3.05) is 13.7 Å². The Morgan fingerprint density at radius 3 is 2.54 bits per heavy atom. The minimum atomic E-state index is -0.398. The minimum absolute atomic E-state index is 0.258. The number of ether oxygens (including phenoxy) is 2. The molecule has 0 fully saturated rings. The molecule has 0 aliphatic heterocycles. The summed E-state index contributed by atoms with van der Waals surface area (Å²) in [5.74, 6) is 0.0684. The lowest BCUT2D eigenvalue weighted by Gasteiger charge is -2.32. The molecule has 1 rings (SSSR count). The van der Waals surface area contributed by atoms with Crippen LogP contribution in [0.4, 0.5) is 0 Å². The summed E-state index contributed by atoms with van der Waals surface area (Å²) in [7, 11) is 1.53. The average Bonchev–Trinajstić information content (AvgIpc) is 2.51. The zero-order valence-corrected chi connectivity index (χ0v) is 15.6. The van der Waals surface area contributed by atoms with Crippen molar-refractivity contribution in [2.24, 2.45) is 5.41 Å². The first kappa shape index (κ1) is 20.0. The summed E-state index contributed by atoms with van der Waals surface area (Å²) >= 11 is 0. The van der Waals surface area contributed by atoms with E-state index in [1.54, 1.807) is 13.0 Å². The number of esters is 1. The second-order valence-electron chi connectivity index (χ2n) is 6.54. The van der Waals surface area contributed by atoms with Gasteiger partial charge in [-0.2, -0.15) is 0 Å². The molecule has 3 nitrogen and oxygen atoms in total.